The highest BCUT2D eigenvalue weighted by molar-refractivity contribution is 5.91. The van der Waals surface area contributed by atoms with Crippen molar-refractivity contribution in [3.8, 4) is 0 Å². The van der Waals surface area contributed by atoms with E-state index in [2.05, 4.69) is 6.58 Å². The van der Waals surface area contributed by atoms with E-state index in [4.69, 9.17) is 9.47 Å². The van der Waals surface area contributed by atoms with Crippen LogP contribution in [0, 0.1) is 11.8 Å². The smallest absolute Gasteiger partial charge is 0.334 e. The molecule has 2 N–H and O–H groups in total. The van der Waals surface area contributed by atoms with Crippen LogP contribution in [0.4, 0.5) is 0 Å². The Bertz CT molecular complexity index is 769. The van der Waals surface area contributed by atoms with Crippen molar-refractivity contribution in [2.75, 3.05) is 0 Å². The number of rotatable bonds is 2. The second kappa shape index (κ2) is 6.21. The van der Waals surface area contributed by atoms with Gasteiger partial charge in [0, 0.05) is 11.1 Å². The van der Waals surface area contributed by atoms with Gasteiger partial charge >= 0.3 is 11.9 Å². The number of carbonyl (C=O) groups excluding carboxylic acids is 2. The second-order valence-corrected chi connectivity index (χ2v) is 7.38. The Morgan fingerprint density at radius 2 is 2.12 bits per heavy atom. The van der Waals surface area contributed by atoms with Crippen molar-refractivity contribution >= 4 is 11.9 Å². The van der Waals surface area contributed by atoms with Crippen molar-refractivity contribution in [3.05, 3.63) is 47.1 Å². The van der Waals surface area contributed by atoms with E-state index in [0.29, 0.717) is 16.7 Å². The first-order chi connectivity index (χ1) is 12.1. The molecule has 3 rings (SSSR count). The lowest BCUT2D eigenvalue weighted by Gasteiger charge is -2.33. The number of hydrogen-bond acceptors (Lipinski definition) is 6. The summed E-state index contributed by atoms with van der Waals surface area (Å²) in [7, 11) is 0. The standard InChI is InChI=1S/C20H24O6/c1-6-9(2)18(22)25-16-10(3)12-7-8-20(5,24)14(12)17-13(15(16)21)11(4)19(23)26-17/h6-8,13-17,21,24H,4H2,1-3,5H3. The van der Waals surface area contributed by atoms with Gasteiger partial charge in [-0.05, 0) is 38.8 Å². The van der Waals surface area contributed by atoms with Gasteiger partial charge in [0.05, 0.1) is 17.4 Å². The molecule has 26 heavy (non-hydrogen) atoms. The number of fused-ring (bicyclic) bond motifs is 3. The van der Waals surface area contributed by atoms with E-state index in [9.17, 15) is 19.8 Å². The van der Waals surface area contributed by atoms with Crippen LogP contribution in [0.5, 0.6) is 0 Å². The fourth-order valence-electron chi connectivity index (χ4n) is 4.04. The van der Waals surface area contributed by atoms with Gasteiger partial charge in [-0.15, -0.1) is 0 Å². The topological polar surface area (TPSA) is 93.1 Å². The van der Waals surface area contributed by atoms with Crippen LogP contribution in [0.15, 0.2) is 47.1 Å². The number of aliphatic hydroxyl groups excluding tert-OH is 1. The fourth-order valence-corrected chi connectivity index (χ4v) is 4.04. The Morgan fingerprint density at radius 3 is 2.73 bits per heavy atom. The van der Waals surface area contributed by atoms with Crippen molar-refractivity contribution in [2.45, 2.75) is 51.6 Å². The van der Waals surface area contributed by atoms with E-state index in [0.717, 1.165) is 0 Å². The minimum absolute atomic E-state index is 0.128. The van der Waals surface area contributed by atoms with Gasteiger partial charge in [-0.1, -0.05) is 24.8 Å². The first kappa shape index (κ1) is 18.6. The maximum Gasteiger partial charge on any atom is 0.334 e. The number of allylic oxidation sites excluding steroid dienone is 2. The van der Waals surface area contributed by atoms with Crippen molar-refractivity contribution < 1.29 is 29.3 Å². The fraction of sp³-hybridized carbons (Fsp3) is 0.500. The summed E-state index contributed by atoms with van der Waals surface area (Å²) in [6, 6.07) is 0. The molecule has 6 nitrogen and oxygen atoms in total. The molecular weight excluding hydrogens is 336 g/mol. The molecule has 0 radical (unpaired) electrons. The zero-order chi connectivity index (χ0) is 19.4. The zero-order valence-corrected chi connectivity index (χ0v) is 15.4. The minimum atomic E-state index is -1.25. The number of ether oxygens (including phenoxy) is 2. The van der Waals surface area contributed by atoms with Crippen LogP contribution in [0.1, 0.15) is 27.7 Å². The van der Waals surface area contributed by atoms with Crippen LogP contribution in [-0.4, -0.2) is 46.1 Å². The third-order valence-corrected chi connectivity index (χ3v) is 5.70. The predicted octanol–water partition coefficient (Wildman–Crippen LogP) is 1.59. The van der Waals surface area contributed by atoms with E-state index in [1.165, 1.54) is 0 Å². The van der Waals surface area contributed by atoms with Crippen molar-refractivity contribution in [1.82, 2.24) is 0 Å². The first-order valence-electron chi connectivity index (χ1n) is 8.64. The molecule has 0 aromatic rings. The molecule has 1 saturated heterocycles. The third kappa shape index (κ3) is 2.64. The molecule has 1 fully saturated rings. The Morgan fingerprint density at radius 1 is 1.46 bits per heavy atom. The molecule has 0 aromatic carbocycles. The molecule has 6 heteroatoms. The highest BCUT2D eigenvalue weighted by Crippen LogP contribution is 2.49. The molecule has 0 spiro atoms. The molecule has 1 heterocycles. The molecule has 140 valence electrons. The Labute approximate surface area is 152 Å². The van der Waals surface area contributed by atoms with E-state index in [-0.39, 0.29) is 5.57 Å². The molecule has 0 saturated carbocycles. The van der Waals surface area contributed by atoms with Crippen molar-refractivity contribution in [1.29, 1.82) is 0 Å². The van der Waals surface area contributed by atoms with Gasteiger partial charge in [0.1, 0.15) is 12.2 Å². The van der Waals surface area contributed by atoms with Gasteiger partial charge in [0.15, 0.2) is 6.10 Å². The lowest BCUT2D eigenvalue weighted by Crippen LogP contribution is -2.45. The molecule has 0 aromatic heterocycles. The maximum absolute atomic E-state index is 12.3. The van der Waals surface area contributed by atoms with E-state index in [1.807, 2.05) is 0 Å². The quantitative estimate of drug-likeness (QED) is 0.574. The summed E-state index contributed by atoms with van der Waals surface area (Å²) < 4.78 is 11.0. The lowest BCUT2D eigenvalue weighted by atomic mass is 9.78. The molecule has 2 aliphatic carbocycles. The largest absolute Gasteiger partial charge is 0.457 e. The molecular formula is C20H24O6. The summed E-state index contributed by atoms with van der Waals surface area (Å²) >= 11 is 0. The summed E-state index contributed by atoms with van der Waals surface area (Å²) in [5.74, 6) is -2.47. The monoisotopic (exact) mass is 360 g/mol. The van der Waals surface area contributed by atoms with Crippen LogP contribution in [0.2, 0.25) is 0 Å². The number of hydrogen-bond donors (Lipinski definition) is 2. The number of esters is 2. The number of carbonyl (C=O) groups is 2. The molecule has 6 unspecified atom stereocenters. The molecule has 1 aliphatic heterocycles. The summed E-state index contributed by atoms with van der Waals surface area (Å²) in [5, 5.41) is 21.8. The van der Waals surface area contributed by atoms with Gasteiger partial charge in [0.25, 0.3) is 0 Å². The lowest BCUT2D eigenvalue weighted by molar-refractivity contribution is -0.152. The SMILES string of the molecule is C=C1C(=O)OC2C1C(O)C(OC(=O)C(C)=CC)C(C)=C1C=CC(C)(O)C12. The Balaban J connectivity index is 2.10. The Hall–Kier alpha value is -2.18. The second-order valence-electron chi connectivity index (χ2n) is 7.38. The van der Waals surface area contributed by atoms with Gasteiger partial charge in [-0.25, -0.2) is 9.59 Å². The van der Waals surface area contributed by atoms with E-state index in [1.54, 1.807) is 45.9 Å². The van der Waals surface area contributed by atoms with Gasteiger partial charge in [-0.3, -0.25) is 0 Å². The summed E-state index contributed by atoms with van der Waals surface area (Å²) in [4.78, 5) is 24.4. The molecule has 0 amide bonds. The summed E-state index contributed by atoms with van der Waals surface area (Å²) in [6.45, 7) is 10.5. The van der Waals surface area contributed by atoms with E-state index < -0.39 is 47.7 Å². The Kier molecular flexibility index (Phi) is 4.45. The summed E-state index contributed by atoms with van der Waals surface area (Å²) in [6.07, 6.45) is 2.07. The first-order valence-corrected chi connectivity index (χ1v) is 8.64. The van der Waals surface area contributed by atoms with Crippen molar-refractivity contribution in [2.24, 2.45) is 11.8 Å². The van der Waals surface area contributed by atoms with Gasteiger partial charge < -0.3 is 19.7 Å². The normalized spacial score (nSPS) is 39.5. The van der Waals surface area contributed by atoms with Crippen LogP contribution in [-0.2, 0) is 19.1 Å². The van der Waals surface area contributed by atoms with Crippen LogP contribution in [0.25, 0.3) is 0 Å². The third-order valence-electron chi connectivity index (χ3n) is 5.70. The zero-order valence-electron chi connectivity index (χ0n) is 15.4. The average molecular weight is 360 g/mol. The highest BCUT2D eigenvalue weighted by Gasteiger charge is 2.58. The minimum Gasteiger partial charge on any atom is -0.457 e. The van der Waals surface area contributed by atoms with Gasteiger partial charge in [-0.2, -0.15) is 0 Å². The molecule has 0 bridgehead atoms. The van der Waals surface area contributed by atoms with Crippen LogP contribution < -0.4 is 0 Å². The highest BCUT2D eigenvalue weighted by atomic mass is 16.6. The predicted molar refractivity (Wildman–Crippen MR) is 93.8 cm³/mol. The van der Waals surface area contributed by atoms with Gasteiger partial charge in [0.2, 0.25) is 0 Å². The van der Waals surface area contributed by atoms with E-state index >= 15 is 0 Å². The van der Waals surface area contributed by atoms with Crippen LogP contribution in [0.3, 0.4) is 0 Å². The maximum atomic E-state index is 12.3. The van der Waals surface area contributed by atoms with Crippen molar-refractivity contribution in [3.63, 3.8) is 0 Å². The average Bonchev–Trinajstić information content (AvgIpc) is 3.03. The number of aliphatic hydroxyl groups is 2. The van der Waals surface area contributed by atoms with Crippen LogP contribution >= 0.6 is 0 Å². The molecule has 3 aliphatic rings. The summed E-state index contributed by atoms with van der Waals surface area (Å²) in [5.41, 5.74) is 0.636. The molecule has 6 atom stereocenters.